The first-order valence-electron chi connectivity index (χ1n) is 8.82. The van der Waals surface area contributed by atoms with Crippen LogP contribution in [0.2, 0.25) is 0 Å². The lowest BCUT2D eigenvalue weighted by atomic mass is 10.1. The zero-order valence-corrected chi connectivity index (χ0v) is 15.2. The minimum absolute atomic E-state index is 0.0751. The predicted molar refractivity (Wildman–Crippen MR) is 102 cm³/mol. The Kier molecular flexibility index (Phi) is 5.56. The van der Waals surface area contributed by atoms with E-state index in [0.29, 0.717) is 23.6 Å². The molecule has 0 aliphatic carbocycles. The van der Waals surface area contributed by atoms with Gasteiger partial charge in [0.2, 0.25) is 0 Å². The second-order valence-corrected chi connectivity index (χ2v) is 6.69. The van der Waals surface area contributed by atoms with Crippen LogP contribution in [0.1, 0.15) is 27.1 Å². The number of carbonyl (C=O) groups is 2. The summed E-state index contributed by atoms with van der Waals surface area (Å²) in [6, 6.07) is 17.0. The molecule has 0 bridgehead atoms. The van der Waals surface area contributed by atoms with Gasteiger partial charge in [-0.2, -0.15) is 0 Å². The van der Waals surface area contributed by atoms with Crippen molar-refractivity contribution in [3.05, 3.63) is 65.7 Å². The highest BCUT2D eigenvalue weighted by molar-refractivity contribution is 5.97. The number of amides is 1. The van der Waals surface area contributed by atoms with Crippen LogP contribution in [-0.4, -0.2) is 50.6 Å². The van der Waals surface area contributed by atoms with Gasteiger partial charge in [0.05, 0.1) is 12.7 Å². The quantitative estimate of drug-likeness (QED) is 0.776. The van der Waals surface area contributed by atoms with Crippen LogP contribution in [-0.2, 0) is 4.74 Å². The summed E-state index contributed by atoms with van der Waals surface area (Å²) < 4.78 is 4.72. The topological polar surface area (TPSA) is 49.9 Å². The second kappa shape index (κ2) is 8.04. The van der Waals surface area contributed by atoms with Gasteiger partial charge in [-0.1, -0.05) is 24.3 Å². The smallest absolute Gasteiger partial charge is 0.337 e. The lowest BCUT2D eigenvalue weighted by Gasteiger charge is -2.23. The third-order valence-electron chi connectivity index (χ3n) is 4.82. The fourth-order valence-electron chi connectivity index (χ4n) is 3.44. The van der Waals surface area contributed by atoms with Crippen molar-refractivity contribution in [1.82, 2.24) is 4.90 Å². The summed E-state index contributed by atoms with van der Waals surface area (Å²) in [5.41, 5.74) is 2.13. The van der Waals surface area contributed by atoms with Crippen LogP contribution in [0.25, 0.3) is 0 Å². The molecule has 5 nitrogen and oxygen atoms in total. The molecule has 1 atom stereocenters. The standard InChI is InChI=1S/C21H24N2O3/c1-22(20(24)17-7-6-8-18(13-17)21(25)26-2)14-16-11-12-23(15-16)19-9-4-3-5-10-19/h3-10,13,16H,11-12,14-15H2,1-2H3/t16-/m0/s1. The van der Waals surface area contributed by atoms with Crippen molar-refractivity contribution in [2.75, 3.05) is 38.7 Å². The Bertz CT molecular complexity index is 776. The zero-order chi connectivity index (χ0) is 18.5. The number of hydrogen-bond acceptors (Lipinski definition) is 4. The summed E-state index contributed by atoms with van der Waals surface area (Å²) in [6.45, 7) is 2.66. The number of methoxy groups -OCH3 is 1. The van der Waals surface area contributed by atoms with Gasteiger partial charge in [0, 0.05) is 37.9 Å². The highest BCUT2D eigenvalue weighted by Crippen LogP contribution is 2.24. The lowest BCUT2D eigenvalue weighted by Crippen LogP contribution is -2.33. The van der Waals surface area contributed by atoms with Crippen LogP contribution in [0.3, 0.4) is 0 Å². The van der Waals surface area contributed by atoms with Crippen molar-refractivity contribution in [2.45, 2.75) is 6.42 Å². The molecule has 1 aliphatic heterocycles. The Labute approximate surface area is 154 Å². The van der Waals surface area contributed by atoms with Gasteiger partial charge in [-0.05, 0) is 42.7 Å². The summed E-state index contributed by atoms with van der Waals surface area (Å²) in [5, 5.41) is 0. The Morgan fingerprint density at radius 2 is 1.85 bits per heavy atom. The van der Waals surface area contributed by atoms with Gasteiger partial charge >= 0.3 is 5.97 Å². The van der Waals surface area contributed by atoms with Crippen LogP contribution in [0, 0.1) is 5.92 Å². The molecule has 1 heterocycles. The van der Waals surface area contributed by atoms with Crippen molar-refractivity contribution in [3.8, 4) is 0 Å². The highest BCUT2D eigenvalue weighted by atomic mass is 16.5. The van der Waals surface area contributed by atoms with E-state index in [-0.39, 0.29) is 5.91 Å². The van der Waals surface area contributed by atoms with Crippen LogP contribution >= 0.6 is 0 Å². The van der Waals surface area contributed by atoms with E-state index in [2.05, 4.69) is 17.0 Å². The van der Waals surface area contributed by atoms with Crippen molar-refractivity contribution < 1.29 is 14.3 Å². The average Bonchev–Trinajstić information content (AvgIpc) is 3.16. The van der Waals surface area contributed by atoms with Gasteiger partial charge in [-0.3, -0.25) is 4.79 Å². The first kappa shape index (κ1) is 18.0. The van der Waals surface area contributed by atoms with E-state index in [4.69, 9.17) is 4.74 Å². The van der Waals surface area contributed by atoms with E-state index < -0.39 is 5.97 Å². The van der Waals surface area contributed by atoms with Crippen LogP contribution in [0.15, 0.2) is 54.6 Å². The Morgan fingerprint density at radius 1 is 1.12 bits per heavy atom. The molecule has 0 N–H and O–H groups in total. The van der Waals surface area contributed by atoms with Crippen molar-refractivity contribution in [1.29, 1.82) is 0 Å². The molecule has 1 saturated heterocycles. The van der Waals surface area contributed by atoms with Crippen LogP contribution < -0.4 is 4.90 Å². The Morgan fingerprint density at radius 3 is 2.58 bits per heavy atom. The monoisotopic (exact) mass is 352 g/mol. The normalized spacial score (nSPS) is 16.4. The maximum atomic E-state index is 12.7. The molecular weight excluding hydrogens is 328 g/mol. The molecule has 0 spiro atoms. The number of rotatable bonds is 5. The predicted octanol–water partition coefficient (Wildman–Crippen LogP) is 3.07. The van der Waals surface area contributed by atoms with E-state index in [1.54, 1.807) is 29.2 Å². The molecule has 0 radical (unpaired) electrons. The lowest BCUT2D eigenvalue weighted by molar-refractivity contribution is 0.0600. The number of nitrogens with zero attached hydrogens (tertiary/aromatic N) is 2. The van der Waals surface area contributed by atoms with Gasteiger partial charge in [-0.25, -0.2) is 4.79 Å². The van der Waals surface area contributed by atoms with Crippen LogP contribution in [0.5, 0.6) is 0 Å². The fraction of sp³-hybridized carbons (Fsp3) is 0.333. The summed E-state index contributed by atoms with van der Waals surface area (Å²) in [6.07, 6.45) is 1.06. The van der Waals surface area contributed by atoms with Gasteiger partial charge in [0.25, 0.3) is 5.91 Å². The first-order valence-corrected chi connectivity index (χ1v) is 8.82. The maximum absolute atomic E-state index is 12.7. The molecule has 1 aliphatic rings. The number of hydrogen-bond donors (Lipinski definition) is 0. The third-order valence-corrected chi connectivity index (χ3v) is 4.82. The molecule has 0 aromatic heterocycles. The average molecular weight is 352 g/mol. The zero-order valence-electron chi connectivity index (χ0n) is 15.2. The molecule has 0 unspecified atom stereocenters. The number of ether oxygens (including phenoxy) is 1. The molecule has 3 rings (SSSR count). The molecular formula is C21H24N2O3. The third kappa shape index (κ3) is 4.04. The number of carbonyl (C=O) groups excluding carboxylic acids is 2. The first-order chi connectivity index (χ1) is 12.6. The summed E-state index contributed by atoms with van der Waals surface area (Å²) >= 11 is 0. The van der Waals surface area contributed by atoms with Gasteiger partial charge < -0.3 is 14.5 Å². The van der Waals surface area contributed by atoms with Crippen molar-refractivity contribution in [2.24, 2.45) is 5.92 Å². The van der Waals surface area contributed by atoms with E-state index in [1.165, 1.54) is 12.8 Å². The molecule has 5 heteroatoms. The summed E-state index contributed by atoms with van der Waals surface area (Å²) in [4.78, 5) is 28.5. The number of esters is 1. The minimum atomic E-state index is -0.434. The van der Waals surface area contributed by atoms with Crippen molar-refractivity contribution in [3.63, 3.8) is 0 Å². The summed E-state index contributed by atoms with van der Waals surface area (Å²) in [7, 11) is 3.15. The highest BCUT2D eigenvalue weighted by Gasteiger charge is 2.25. The molecule has 2 aromatic carbocycles. The van der Waals surface area contributed by atoms with Gasteiger partial charge in [0.1, 0.15) is 0 Å². The Balaban J connectivity index is 1.61. The number of para-hydroxylation sites is 1. The number of anilines is 1. The summed E-state index contributed by atoms with van der Waals surface area (Å²) in [5.74, 6) is -0.0709. The Hall–Kier alpha value is -2.82. The van der Waals surface area contributed by atoms with E-state index in [1.807, 2.05) is 25.2 Å². The SMILES string of the molecule is COC(=O)c1cccc(C(=O)N(C)C[C@@H]2CCN(c3ccccc3)C2)c1. The maximum Gasteiger partial charge on any atom is 0.337 e. The van der Waals surface area contributed by atoms with Gasteiger partial charge in [-0.15, -0.1) is 0 Å². The molecule has 1 amide bonds. The fourth-order valence-corrected chi connectivity index (χ4v) is 3.44. The van der Waals surface area contributed by atoms with E-state index in [9.17, 15) is 9.59 Å². The van der Waals surface area contributed by atoms with Gasteiger partial charge in [0.15, 0.2) is 0 Å². The number of benzene rings is 2. The van der Waals surface area contributed by atoms with E-state index in [0.717, 1.165) is 19.5 Å². The molecule has 1 fully saturated rings. The molecule has 0 saturated carbocycles. The van der Waals surface area contributed by atoms with Crippen molar-refractivity contribution >= 4 is 17.6 Å². The second-order valence-electron chi connectivity index (χ2n) is 6.69. The molecule has 136 valence electrons. The molecule has 2 aromatic rings. The van der Waals surface area contributed by atoms with Crippen LogP contribution in [0.4, 0.5) is 5.69 Å². The largest absolute Gasteiger partial charge is 0.465 e. The van der Waals surface area contributed by atoms with E-state index >= 15 is 0 Å². The molecule has 26 heavy (non-hydrogen) atoms. The minimum Gasteiger partial charge on any atom is -0.465 e.